The smallest absolute Gasteiger partial charge is 0.410 e. The number of carbonyl (C=O) groups is 3. The summed E-state index contributed by atoms with van der Waals surface area (Å²) >= 11 is 1.84. The molecule has 1 saturated heterocycles. The lowest BCUT2D eigenvalue weighted by Crippen LogP contribution is -2.36. The van der Waals surface area contributed by atoms with Crippen molar-refractivity contribution in [2.75, 3.05) is 19.7 Å². The molecule has 4 aromatic rings. The molecule has 2 unspecified atom stereocenters. The van der Waals surface area contributed by atoms with Crippen molar-refractivity contribution >= 4 is 29.7 Å². The van der Waals surface area contributed by atoms with E-state index in [1.54, 1.807) is 35.2 Å². The summed E-state index contributed by atoms with van der Waals surface area (Å²) in [4.78, 5) is 42.1. The number of carbonyl (C=O) groups excluding carboxylic acids is 3. The topological polar surface area (TPSA) is 66.9 Å². The number of imide groups is 1. The molecule has 2 aliphatic heterocycles. The molecular formula is C38H34N2O4S. The van der Waals surface area contributed by atoms with Crippen LogP contribution in [-0.2, 0) is 9.48 Å². The SMILES string of the molecule is C=CCOC(=O)N1CC(SC(c2ccccc2)(c2ccccc2)c2ccccc2)CC1C=CCN1C(=O)c2ccccc2C1=O. The summed E-state index contributed by atoms with van der Waals surface area (Å²) in [5, 5.41) is 0.0378. The van der Waals surface area contributed by atoms with E-state index in [4.69, 9.17) is 4.74 Å². The van der Waals surface area contributed by atoms with Gasteiger partial charge in [-0.2, -0.15) is 0 Å². The Morgan fingerprint density at radius 1 is 0.800 bits per heavy atom. The van der Waals surface area contributed by atoms with Gasteiger partial charge in [-0.1, -0.05) is 128 Å². The van der Waals surface area contributed by atoms with Crippen LogP contribution < -0.4 is 0 Å². The first kappa shape index (κ1) is 30.2. The van der Waals surface area contributed by atoms with E-state index in [0.29, 0.717) is 24.1 Å². The lowest BCUT2D eigenvalue weighted by atomic mass is 9.84. The quantitative estimate of drug-likeness (QED) is 0.106. The highest BCUT2D eigenvalue weighted by atomic mass is 32.2. The van der Waals surface area contributed by atoms with Gasteiger partial charge in [-0.05, 0) is 35.2 Å². The van der Waals surface area contributed by atoms with E-state index in [1.165, 1.54) is 4.90 Å². The van der Waals surface area contributed by atoms with Gasteiger partial charge in [-0.15, -0.1) is 11.8 Å². The largest absolute Gasteiger partial charge is 0.445 e. The highest BCUT2D eigenvalue weighted by Gasteiger charge is 2.44. The molecule has 6 nitrogen and oxygen atoms in total. The Hall–Kier alpha value is -4.88. The fourth-order valence-electron chi connectivity index (χ4n) is 6.22. The average molecular weight is 615 g/mol. The minimum Gasteiger partial charge on any atom is -0.445 e. The number of benzene rings is 4. The Morgan fingerprint density at radius 2 is 1.29 bits per heavy atom. The Morgan fingerprint density at radius 3 is 1.78 bits per heavy atom. The summed E-state index contributed by atoms with van der Waals surface area (Å²) in [7, 11) is 0. The Kier molecular flexibility index (Phi) is 8.98. The molecule has 2 aliphatic rings. The summed E-state index contributed by atoms with van der Waals surface area (Å²) < 4.78 is 4.96. The van der Waals surface area contributed by atoms with Gasteiger partial charge < -0.3 is 9.64 Å². The molecule has 0 aromatic heterocycles. The molecule has 0 spiro atoms. The van der Waals surface area contributed by atoms with Crippen molar-refractivity contribution < 1.29 is 19.1 Å². The second-order valence-corrected chi connectivity index (χ2v) is 12.5. The first-order valence-electron chi connectivity index (χ1n) is 15.0. The number of ether oxygens (including phenoxy) is 1. The Labute approximate surface area is 268 Å². The predicted octanol–water partition coefficient (Wildman–Crippen LogP) is 7.33. The standard InChI is InChI=1S/C38H34N2O4S/c1-2-25-44-37(43)40-27-32(26-31(40)21-14-24-39-35(41)33-22-12-13-23-34(33)36(39)42)45-38(28-15-6-3-7-16-28,29-17-8-4-9-18-29)30-19-10-5-11-20-30/h2-23,31-32H,1,24-27H2. The second kappa shape index (κ2) is 13.4. The van der Waals surface area contributed by atoms with Crippen molar-refractivity contribution in [2.24, 2.45) is 0 Å². The number of likely N-dealkylation sites (tertiary alicyclic amines) is 1. The highest BCUT2D eigenvalue weighted by molar-refractivity contribution is 8.01. The molecular weight excluding hydrogens is 580 g/mol. The summed E-state index contributed by atoms with van der Waals surface area (Å²) in [5.41, 5.74) is 4.29. The molecule has 3 amide bonds. The first-order chi connectivity index (χ1) is 22.0. The maximum Gasteiger partial charge on any atom is 0.410 e. The number of hydrogen-bond donors (Lipinski definition) is 0. The molecule has 226 valence electrons. The maximum absolute atomic E-state index is 13.3. The molecule has 2 atom stereocenters. The molecule has 4 aromatic carbocycles. The van der Waals surface area contributed by atoms with Gasteiger partial charge >= 0.3 is 6.09 Å². The van der Waals surface area contributed by atoms with Crippen LogP contribution in [-0.4, -0.2) is 58.7 Å². The van der Waals surface area contributed by atoms with Crippen LogP contribution in [0, 0.1) is 0 Å². The number of rotatable bonds is 10. The molecule has 1 fully saturated rings. The molecule has 2 heterocycles. The highest BCUT2D eigenvalue weighted by Crippen LogP contribution is 2.52. The van der Waals surface area contributed by atoms with Gasteiger partial charge in [0.1, 0.15) is 6.61 Å². The summed E-state index contributed by atoms with van der Waals surface area (Å²) in [6, 6.07) is 38.0. The van der Waals surface area contributed by atoms with Crippen molar-refractivity contribution in [1.29, 1.82) is 0 Å². The summed E-state index contributed by atoms with van der Waals surface area (Å²) in [5.74, 6) is -0.610. The third kappa shape index (κ3) is 5.96. The van der Waals surface area contributed by atoms with Crippen LogP contribution in [0.4, 0.5) is 4.79 Å². The minimum absolute atomic E-state index is 0.0378. The van der Waals surface area contributed by atoms with Gasteiger partial charge in [0.2, 0.25) is 0 Å². The van der Waals surface area contributed by atoms with Gasteiger partial charge in [-0.3, -0.25) is 14.5 Å². The van der Waals surface area contributed by atoms with E-state index in [9.17, 15) is 14.4 Å². The molecule has 7 heteroatoms. The van der Waals surface area contributed by atoms with E-state index in [0.717, 1.165) is 16.7 Å². The van der Waals surface area contributed by atoms with Crippen LogP contribution >= 0.6 is 11.8 Å². The van der Waals surface area contributed by atoms with Crippen LogP contribution in [0.2, 0.25) is 0 Å². The van der Waals surface area contributed by atoms with Crippen LogP contribution in [0.3, 0.4) is 0 Å². The van der Waals surface area contributed by atoms with Crippen LogP contribution in [0.15, 0.2) is 140 Å². The van der Waals surface area contributed by atoms with Crippen LogP contribution in [0.5, 0.6) is 0 Å². The minimum atomic E-state index is -0.538. The second-order valence-electron chi connectivity index (χ2n) is 11.0. The first-order valence-corrected chi connectivity index (χ1v) is 15.9. The lowest BCUT2D eigenvalue weighted by molar-refractivity contribution is 0.0671. The fourth-order valence-corrected chi connectivity index (χ4v) is 8.06. The number of thioether (sulfide) groups is 1. The van der Waals surface area contributed by atoms with Crippen molar-refractivity contribution in [3.05, 3.63) is 168 Å². The molecule has 6 rings (SSSR count). The third-order valence-corrected chi connectivity index (χ3v) is 10.0. The zero-order chi connectivity index (χ0) is 31.2. The fraction of sp³-hybridized carbons (Fsp3) is 0.184. The maximum atomic E-state index is 13.3. The van der Waals surface area contributed by atoms with Gasteiger partial charge in [0.05, 0.1) is 21.9 Å². The van der Waals surface area contributed by atoms with Gasteiger partial charge in [-0.25, -0.2) is 4.79 Å². The molecule has 0 bridgehead atoms. The number of fused-ring (bicyclic) bond motifs is 1. The summed E-state index contributed by atoms with van der Waals surface area (Å²) in [6.45, 7) is 4.39. The average Bonchev–Trinajstić information content (AvgIpc) is 3.61. The number of nitrogens with zero attached hydrogens (tertiary/aromatic N) is 2. The monoisotopic (exact) mass is 614 g/mol. The zero-order valence-corrected chi connectivity index (χ0v) is 25.6. The lowest BCUT2D eigenvalue weighted by Gasteiger charge is -2.37. The Bertz CT molecular complexity index is 1580. The number of amides is 3. The van der Waals surface area contributed by atoms with E-state index in [-0.39, 0.29) is 36.3 Å². The van der Waals surface area contributed by atoms with Gasteiger partial charge in [0.25, 0.3) is 11.8 Å². The zero-order valence-electron chi connectivity index (χ0n) is 24.8. The molecule has 45 heavy (non-hydrogen) atoms. The summed E-state index contributed by atoms with van der Waals surface area (Å²) in [6.07, 6.45) is 5.54. The van der Waals surface area contributed by atoms with Gasteiger partial charge in [0, 0.05) is 18.3 Å². The normalized spacial score (nSPS) is 18.0. The molecule has 0 saturated carbocycles. The van der Waals surface area contributed by atoms with E-state index in [2.05, 4.69) is 79.4 Å². The van der Waals surface area contributed by atoms with E-state index < -0.39 is 10.8 Å². The Balaban J connectivity index is 1.31. The van der Waals surface area contributed by atoms with E-state index >= 15 is 0 Å². The van der Waals surface area contributed by atoms with Crippen LogP contribution in [0.25, 0.3) is 0 Å². The molecule has 0 N–H and O–H groups in total. The third-order valence-electron chi connectivity index (χ3n) is 8.27. The predicted molar refractivity (Wildman–Crippen MR) is 178 cm³/mol. The van der Waals surface area contributed by atoms with Crippen molar-refractivity contribution in [3.8, 4) is 0 Å². The van der Waals surface area contributed by atoms with Crippen LogP contribution in [0.1, 0.15) is 43.8 Å². The van der Waals surface area contributed by atoms with Gasteiger partial charge in [0.15, 0.2) is 0 Å². The molecule has 0 radical (unpaired) electrons. The van der Waals surface area contributed by atoms with E-state index in [1.807, 2.05) is 42.1 Å². The van der Waals surface area contributed by atoms with Crippen molar-refractivity contribution in [1.82, 2.24) is 9.80 Å². The molecule has 0 aliphatic carbocycles. The van der Waals surface area contributed by atoms with Crippen molar-refractivity contribution in [3.63, 3.8) is 0 Å². The number of hydrogen-bond acceptors (Lipinski definition) is 5. The van der Waals surface area contributed by atoms with Crippen molar-refractivity contribution in [2.45, 2.75) is 22.5 Å².